The first-order valence-corrected chi connectivity index (χ1v) is 3.26. The Labute approximate surface area is 66.5 Å². The van der Waals surface area contributed by atoms with Gasteiger partial charge in [-0.2, -0.15) is 0 Å². The van der Waals surface area contributed by atoms with Crippen LogP contribution in [0, 0.1) is 0 Å². The normalized spacial score (nSPS) is 10.6. The average molecular weight is 173 g/mol. The Kier molecular flexibility index (Phi) is 2.28. The quantitative estimate of drug-likeness (QED) is 0.639. The molecular formula is C6H5ClN2O2. The zero-order valence-electron chi connectivity index (χ0n) is 5.43. The molecule has 0 saturated carbocycles. The van der Waals surface area contributed by atoms with Gasteiger partial charge in [0.25, 0.3) is 5.56 Å². The average Bonchev–Trinajstić information content (AvgIpc) is 1.95. The first-order chi connectivity index (χ1) is 5.24. The molecule has 2 N–H and O–H groups in total. The molecule has 1 aromatic rings. The molecule has 1 rings (SSSR count). The van der Waals surface area contributed by atoms with Crippen LogP contribution in [0.1, 0.15) is 5.56 Å². The summed E-state index contributed by atoms with van der Waals surface area (Å²) in [5.74, 6) is 0. The van der Waals surface area contributed by atoms with Crippen LogP contribution in [0.2, 0.25) is 0 Å². The van der Waals surface area contributed by atoms with Crippen molar-refractivity contribution in [3.8, 4) is 0 Å². The van der Waals surface area contributed by atoms with Gasteiger partial charge in [-0.1, -0.05) is 11.6 Å². The highest BCUT2D eigenvalue weighted by atomic mass is 35.5. The van der Waals surface area contributed by atoms with Gasteiger partial charge in [0.15, 0.2) is 0 Å². The van der Waals surface area contributed by atoms with Crippen molar-refractivity contribution in [1.29, 1.82) is 0 Å². The van der Waals surface area contributed by atoms with Crippen molar-refractivity contribution in [3.63, 3.8) is 0 Å². The largest absolute Gasteiger partial charge is 0.325 e. The van der Waals surface area contributed by atoms with Crippen molar-refractivity contribution in [2.75, 3.05) is 0 Å². The molecule has 0 unspecified atom stereocenters. The lowest BCUT2D eigenvalue weighted by molar-refractivity contribution is 1.03. The molecule has 0 atom stereocenters. The highest BCUT2D eigenvalue weighted by molar-refractivity contribution is 6.27. The molecule has 0 aliphatic carbocycles. The molecule has 5 heteroatoms. The van der Waals surface area contributed by atoms with Crippen molar-refractivity contribution in [1.82, 2.24) is 9.97 Å². The summed E-state index contributed by atoms with van der Waals surface area (Å²) in [5, 5.41) is 0. The zero-order chi connectivity index (χ0) is 8.27. The Balaban J connectivity index is 3.31. The van der Waals surface area contributed by atoms with E-state index >= 15 is 0 Å². The Hall–Kier alpha value is -1.29. The van der Waals surface area contributed by atoms with Crippen molar-refractivity contribution in [2.45, 2.75) is 0 Å². The summed E-state index contributed by atoms with van der Waals surface area (Å²) in [7, 11) is 0. The van der Waals surface area contributed by atoms with Gasteiger partial charge < -0.3 is 4.98 Å². The molecule has 0 fully saturated rings. The Bertz CT molecular complexity index is 377. The second kappa shape index (κ2) is 3.21. The summed E-state index contributed by atoms with van der Waals surface area (Å²) in [6, 6.07) is 0. The van der Waals surface area contributed by atoms with Gasteiger partial charge in [0.2, 0.25) is 0 Å². The third kappa shape index (κ3) is 1.81. The molecule has 58 valence electrons. The van der Waals surface area contributed by atoms with Crippen molar-refractivity contribution < 1.29 is 0 Å². The van der Waals surface area contributed by atoms with Crippen LogP contribution in [0.5, 0.6) is 0 Å². The maximum absolute atomic E-state index is 10.8. The smallest absolute Gasteiger partial charge is 0.314 e. The standard InChI is InChI=1S/C6H5ClN2O2/c7-2-1-4-3-8-6(11)9-5(4)10/h1-3H,(H2,8,9,10,11)/b2-1+. The van der Waals surface area contributed by atoms with Gasteiger partial charge in [-0.15, -0.1) is 0 Å². The molecule has 0 bridgehead atoms. The molecule has 0 amide bonds. The highest BCUT2D eigenvalue weighted by Gasteiger charge is 1.92. The summed E-state index contributed by atoms with van der Waals surface area (Å²) in [6.07, 6.45) is 2.68. The van der Waals surface area contributed by atoms with Gasteiger partial charge in [0, 0.05) is 11.7 Å². The van der Waals surface area contributed by atoms with E-state index in [9.17, 15) is 9.59 Å². The number of aromatic nitrogens is 2. The number of hydrogen-bond acceptors (Lipinski definition) is 2. The molecule has 0 aliphatic rings. The van der Waals surface area contributed by atoms with E-state index in [4.69, 9.17) is 11.6 Å². The summed E-state index contributed by atoms with van der Waals surface area (Å²) in [4.78, 5) is 25.7. The number of H-pyrrole nitrogens is 2. The van der Waals surface area contributed by atoms with Gasteiger partial charge in [-0.3, -0.25) is 9.78 Å². The van der Waals surface area contributed by atoms with Crippen molar-refractivity contribution in [2.24, 2.45) is 0 Å². The van der Waals surface area contributed by atoms with Gasteiger partial charge in [0.1, 0.15) is 0 Å². The predicted molar refractivity (Wildman–Crippen MR) is 42.6 cm³/mol. The van der Waals surface area contributed by atoms with Crippen LogP contribution in [-0.2, 0) is 0 Å². The monoisotopic (exact) mass is 172 g/mol. The van der Waals surface area contributed by atoms with Crippen LogP contribution < -0.4 is 11.2 Å². The number of hydrogen-bond donors (Lipinski definition) is 2. The summed E-state index contributed by atoms with van der Waals surface area (Å²) < 4.78 is 0. The first kappa shape index (κ1) is 7.81. The van der Waals surface area contributed by atoms with Gasteiger partial charge in [0.05, 0.1) is 5.56 Å². The molecule has 0 aromatic carbocycles. The summed E-state index contributed by atoms with van der Waals surface area (Å²) in [5.41, 5.74) is 0.537. The molecule has 1 heterocycles. The van der Waals surface area contributed by atoms with Gasteiger partial charge in [-0.05, 0) is 6.08 Å². The Morgan fingerprint density at radius 3 is 2.73 bits per heavy atom. The fourth-order valence-corrected chi connectivity index (χ4v) is 0.748. The van der Waals surface area contributed by atoms with E-state index in [0.717, 1.165) is 0 Å². The third-order valence-electron chi connectivity index (χ3n) is 1.09. The van der Waals surface area contributed by atoms with Crippen LogP contribution in [-0.4, -0.2) is 9.97 Å². The molecule has 0 radical (unpaired) electrons. The second-order valence-electron chi connectivity index (χ2n) is 1.82. The lowest BCUT2D eigenvalue weighted by Crippen LogP contribution is -2.22. The van der Waals surface area contributed by atoms with Crippen LogP contribution in [0.3, 0.4) is 0 Å². The van der Waals surface area contributed by atoms with E-state index in [1.165, 1.54) is 17.8 Å². The predicted octanol–water partition coefficient (Wildman–Crippen LogP) is 0.273. The number of rotatable bonds is 1. The third-order valence-corrected chi connectivity index (χ3v) is 1.22. The lowest BCUT2D eigenvalue weighted by Gasteiger charge is -1.87. The van der Waals surface area contributed by atoms with Crippen LogP contribution in [0.15, 0.2) is 21.3 Å². The van der Waals surface area contributed by atoms with E-state index in [-0.39, 0.29) is 0 Å². The van der Waals surface area contributed by atoms with Crippen molar-refractivity contribution >= 4 is 17.7 Å². The molecule has 0 aliphatic heterocycles. The molecule has 0 spiro atoms. The van der Waals surface area contributed by atoms with E-state index in [1.807, 2.05) is 4.98 Å². The number of halogens is 1. The molecule has 0 saturated heterocycles. The minimum Gasteiger partial charge on any atom is -0.314 e. The van der Waals surface area contributed by atoms with Gasteiger partial charge in [-0.25, -0.2) is 4.79 Å². The maximum atomic E-state index is 10.8. The van der Waals surface area contributed by atoms with E-state index in [0.29, 0.717) is 5.56 Å². The molecule has 11 heavy (non-hydrogen) atoms. The van der Waals surface area contributed by atoms with E-state index in [1.54, 1.807) is 0 Å². The first-order valence-electron chi connectivity index (χ1n) is 2.83. The minimum atomic E-state index is -0.526. The topological polar surface area (TPSA) is 65.7 Å². The van der Waals surface area contributed by atoms with Gasteiger partial charge >= 0.3 is 5.69 Å². The highest BCUT2D eigenvalue weighted by Crippen LogP contribution is 1.90. The molecule has 4 nitrogen and oxygen atoms in total. The Morgan fingerprint density at radius 2 is 2.18 bits per heavy atom. The second-order valence-corrected chi connectivity index (χ2v) is 2.07. The van der Waals surface area contributed by atoms with Crippen molar-refractivity contribution in [3.05, 3.63) is 38.1 Å². The van der Waals surface area contributed by atoms with Crippen LogP contribution in [0.25, 0.3) is 6.08 Å². The Morgan fingerprint density at radius 1 is 1.45 bits per heavy atom. The fraction of sp³-hybridized carbons (Fsp3) is 0. The fourth-order valence-electron chi connectivity index (χ4n) is 0.612. The van der Waals surface area contributed by atoms with Crippen LogP contribution in [0.4, 0.5) is 0 Å². The number of aromatic amines is 2. The molecular weight excluding hydrogens is 168 g/mol. The zero-order valence-corrected chi connectivity index (χ0v) is 6.18. The van der Waals surface area contributed by atoms with E-state index < -0.39 is 11.2 Å². The lowest BCUT2D eigenvalue weighted by atomic mass is 10.3. The number of nitrogens with one attached hydrogen (secondary N) is 2. The van der Waals surface area contributed by atoms with E-state index in [2.05, 4.69) is 4.98 Å². The minimum absolute atomic E-state index is 0.319. The summed E-state index contributed by atoms with van der Waals surface area (Å²) in [6.45, 7) is 0. The molecule has 1 aromatic heterocycles. The van der Waals surface area contributed by atoms with Crippen LogP contribution >= 0.6 is 11.6 Å². The maximum Gasteiger partial charge on any atom is 0.325 e. The summed E-state index contributed by atoms with van der Waals surface area (Å²) >= 11 is 5.22. The SMILES string of the molecule is O=c1[nH]cc(/C=C/Cl)c(=O)[nH]1.